The lowest BCUT2D eigenvalue weighted by molar-refractivity contribution is -0.116. The highest BCUT2D eigenvalue weighted by Gasteiger charge is 2.10. The van der Waals surface area contributed by atoms with E-state index in [0.717, 1.165) is 4.57 Å². The first-order chi connectivity index (χ1) is 11.5. The molecule has 6 nitrogen and oxygen atoms in total. The number of carbonyl (C=O) groups is 1. The Morgan fingerprint density at radius 1 is 1.33 bits per heavy atom. The van der Waals surface area contributed by atoms with Gasteiger partial charge in [0.1, 0.15) is 18.1 Å². The van der Waals surface area contributed by atoms with Gasteiger partial charge in [-0.2, -0.15) is 0 Å². The molecule has 0 saturated heterocycles. The van der Waals surface area contributed by atoms with Crippen molar-refractivity contribution >= 4 is 27.5 Å². The molecule has 0 aliphatic heterocycles. The minimum absolute atomic E-state index is 0.0383. The number of carbonyl (C=O) groups excluding carboxylic acids is 1. The fourth-order valence-electron chi connectivity index (χ4n) is 2.04. The zero-order valence-electron chi connectivity index (χ0n) is 12.2. The van der Waals surface area contributed by atoms with Gasteiger partial charge in [-0.3, -0.25) is 14.2 Å². The van der Waals surface area contributed by atoms with Crippen LogP contribution in [-0.2, 0) is 11.3 Å². The molecule has 0 saturated carbocycles. The molecule has 24 heavy (non-hydrogen) atoms. The fourth-order valence-corrected chi connectivity index (χ4v) is 2.37. The molecular formula is C16H11BrFN3O3. The molecule has 8 heteroatoms. The summed E-state index contributed by atoms with van der Waals surface area (Å²) >= 11 is 3.13. The van der Waals surface area contributed by atoms with Crippen LogP contribution in [0, 0.1) is 5.82 Å². The van der Waals surface area contributed by atoms with Gasteiger partial charge in [-0.1, -0.05) is 15.9 Å². The Hall–Kier alpha value is -2.74. The van der Waals surface area contributed by atoms with E-state index in [4.69, 9.17) is 4.42 Å². The number of aromatic nitrogens is 2. The first-order valence-electron chi connectivity index (χ1n) is 6.88. The van der Waals surface area contributed by atoms with Gasteiger partial charge in [-0.05, 0) is 30.3 Å². The smallest absolute Gasteiger partial charge is 0.254 e. The van der Waals surface area contributed by atoms with E-state index in [2.05, 4.69) is 26.2 Å². The lowest BCUT2D eigenvalue weighted by Crippen LogP contribution is -2.27. The van der Waals surface area contributed by atoms with Gasteiger partial charge >= 0.3 is 0 Å². The standard InChI is InChI=1S/C16H11BrFN3O3/c17-10-3-4-12(11(18)6-10)20-15(22)8-21-9-19-13(7-16(21)23)14-2-1-5-24-14/h1-7,9H,8H2,(H,20,22). The molecule has 1 N–H and O–H groups in total. The Balaban J connectivity index is 1.74. The number of furan rings is 1. The Bertz CT molecular complexity index is 938. The highest BCUT2D eigenvalue weighted by atomic mass is 79.9. The van der Waals surface area contributed by atoms with E-state index in [1.807, 2.05) is 0 Å². The molecule has 2 heterocycles. The second-order valence-electron chi connectivity index (χ2n) is 4.89. The molecule has 1 amide bonds. The number of hydrogen-bond acceptors (Lipinski definition) is 4. The molecule has 0 aliphatic carbocycles. The number of nitrogens with zero attached hydrogens (tertiary/aromatic N) is 2. The number of anilines is 1. The average molecular weight is 392 g/mol. The van der Waals surface area contributed by atoms with E-state index in [1.54, 1.807) is 18.2 Å². The summed E-state index contributed by atoms with van der Waals surface area (Å²) in [4.78, 5) is 28.1. The summed E-state index contributed by atoms with van der Waals surface area (Å²) in [5.41, 5.74) is -0.000135. The first-order valence-corrected chi connectivity index (χ1v) is 7.67. The van der Waals surface area contributed by atoms with Crippen LogP contribution in [0.3, 0.4) is 0 Å². The van der Waals surface area contributed by atoms with E-state index >= 15 is 0 Å². The van der Waals surface area contributed by atoms with Crippen molar-refractivity contribution in [2.75, 3.05) is 5.32 Å². The minimum atomic E-state index is -0.573. The van der Waals surface area contributed by atoms with Crippen LogP contribution in [0.4, 0.5) is 10.1 Å². The number of benzene rings is 1. The lowest BCUT2D eigenvalue weighted by atomic mass is 10.3. The van der Waals surface area contributed by atoms with Crippen LogP contribution < -0.4 is 10.9 Å². The number of rotatable bonds is 4. The maximum atomic E-state index is 13.7. The van der Waals surface area contributed by atoms with Gasteiger partial charge in [0.25, 0.3) is 5.56 Å². The average Bonchev–Trinajstić information content (AvgIpc) is 3.06. The van der Waals surface area contributed by atoms with Gasteiger partial charge in [-0.25, -0.2) is 9.37 Å². The monoisotopic (exact) mass is 391 g/mol. The quantitative estimate of drug-likeness (QED) is 0.741. The summed E-state index contributed by atoms with van der Waals surface area (Å²) in [6.07, 6.45) is 2.72. The number of amides is 1. The molecule has 0 unspecified atom stereocenters. The van der Waals surface area contributed by atoms with Crippen molar-refractivity contribution in [1.82, 2.24) is 9.55 Å². The third-order valence-electron chi connectivity index (χ3n) is 3.17. The van der Waals surface area contributed by atoms with Crippen LogP contribution >= 0.6 is 15.9 Å². The van der Waals surface area contributed by atoms with Crippen LogP contribution in [0.5, 0.6) is 0 Å². The second-order valence-corrected chi connectivity index (χ2v) is 5.81. The third kappa shape index (κ3) is 3.60. The van der Waals surface area contributed by atoms with Crippen molar-refractivity contribution in [3.8, 4) is 11.5 Å². The van der Waals surface area contributed by atoms with E-state index in [9.17, 15) is 14.0 Å². The fraction of sp³-hybridized carbons (Fsp3) is 0.0625. The highest BCUT2D eigenvalue weighted by molar-refractivity contribution is 9.10. The third-order valence-corrected chi connectivity index (χ3v) is 3.67. The van der Waals surface area contributed by atoms with Gasteiger partial charge in [-0.15, -0.1) is 0 Å². The van der Waals surface area contributed by atoms with Gasteiger partial charge < -0.3 is 9.73 Å². The van der Waals surface area contributed by atoms with Crippen molar-refractivity contribution < 1.29 is 13.6 Å². The summed E-state index contributed by atoms with van der Waals surface area (Å²) in [6.45, 7) is -0.278. The maximum Gasteiger partial charge on any atom is 0.254 e. The predicted molar refractivity (Wildman–Crippen MR) is 88.9 cm³/mol. The van der Waals surface area contributed by atoms with Crippen molar-refractivity contribution in [2.45, 2.75) is 6.54 Å². The predicted octanol–water partition coefficient (Wildman–Crippen LogP) is 3.04. The largest absolute Gasteiger partial charge is 0.463 e. The summed E-state index contributed by atoms with van der Waals surface area (Å²) < 4.78 is 20.6. The van der Waals surface area contributed by atoms with Crippen LogP contribution in [0.25, 0.3) is 11.5 Å². The summed E-state index contributed by atoms with van der Waals surface area (Å²) in [5.74, 6) is -0.650. The first kappa shape index (κ1) is 16.1. The zero-order chi connectivity index (χ0) is 17.1. The lowest BCUT2D eigenvalue weighted by Gasteiger charge is -2.08. The van der Waals surface area contributed by atoms with Gasteiger partial charge in [0.2, 0.25) is 5.91 Å². The van der Waals surface area contributed by atoms with E-state index < -0.39 is 17.3 Å². The van der Waals surface area contributed by atoms with Crippen molar-refractivity contribution in [3.63, 3.8) is 0 Å². The Morgan fingerprint density at radius 3 is 2.83 bits per heavy atom. The van der Waals surface area contributed by atoms with Crippen molar-refractivity contribution in [2.24, 2.45) is 0 Å². The molecular weight excluding hydrogens is 381 g/mol. The number of halogens is 2. The van der Waals surface area contributed by atoms with E-state index in [1.165, 1.54) is 30.8 Å². The van der Waals surface area contributed by atoms with Crippen molar-refractivity contribution in [1.29, 1.82) is 0 Å². The molecule has 3 rings (SSSR count). The SMILES string of the molecule is O=C(Cn1cnc(-c2ccco2)cc1=O)Nc1ccc(Br)cc1F. The van der Waals surface area contributed by atoms with Gasteiger partial charge in [0.05, 0.1) is 18.3 Å². The molecule has 3 aromatic rings. The Labute approximate surface area is 144 Å². The van der Waals surface area contributed by atoms with Gasteiger partial charge in [0.15, 0.2) is 5.76 Å². The second kappa shape index (κ2) is 6.79. The summed E-state index contributed by atoms with van der Waals surface area (Å²) in [6, 6.07) is 8.90. The molecule has 0 aliphatic rings. The molecule has 0 radical (unpaired) electrons. The number of hydrogen-bond donors (Lipinski definition) is 1. The van der Waals surface area contributed by atoms with Crippen LogP contribution in [0.1, 0.15) is 0 Å². The zero-order valence-corrected chi connectivity index (χ0v) is 13.8. The topological polar surface area (TPSA) is 77.1 Å². The molecule has 0 atom stereocenters. The Kier molecular flexibility index (Phi) is 4.57. The van der Waals surface area contributed by atoms with Crippen LogP contribution in [0.2, 0.25) is 0 Å². The van der Waals surface area contributed by atoms with Crippen LogP contribution in [-0.4, -0.2) is 15.5 Å². The molecule has 0 fully saturated rings. The molecule has 2 aromatic heterocycles. The number of nitrogens with one attached hydrogen (secondary N) is 1. The molecule has 0 bridgehead atoms. The normalized spacial score (nSPS) is 10.6. The molecule has 1 aromatic carbocycles. The summed E-state index contributed by atoms with van der Waals surface area (Å²) in [5, 5.41) is 2.41. The highest BCUT2D eigenvalue weighted by Crippen LogP contribution is 2.19. The minimum Gasteiger partial charge on any atom is -0.463 e. The van der Waals surface area contributed by atoms with Crippen LogP contribution in [0.15, 0.2) is 62.7 Å². The van der Waals surface area contributed by atoms with E-state index in [0.29, 0.717) is 15.9 Å². The van der Waals surface area contributed by atoms with E-state index in [-0.39, 0.29) is 12.2 Å². The summed E-state index contributed by atoms with van der Waals surface area (Å²) in [7, 11) is 0. The van der Waals surface area contributed by atoms with Crippen molar-refractivity contribution in [3.05, 3.63) is 69.6 Å². The molecule has 122 valence electrons. The Morgan fingerprint density at radius 2 is 2.17 bits per heavy atom. The maximum absolute atomic E-state index is 13.7. The van der Waals surface area contributed by atoms with Gasteiger partial charge in [0, 0.05) is 10.5 Å². The molecule has 0 spiro atoms.